The lowest BCUT2D eigenvalue weighted by Gasteiger charge is -2.25. The Balaban J connectivity index is 2.36. The highest BCUT2D eigenvalue weighted by Gasteiger charge is 2.32. The van der Waals surface area contributed by atoms with E-state index < -0.39 is 0 Å². The number of aromatic nitrogens is 2. The lowest BCUT2D eigenvalue weighted by atomic mass is 10.2. The maximum atomic E-state index is 11.8. The Labute approximate surface area is 112 Å². The zero-order valence-corrected chi connectivity index (χ0v) is 11.6. The molecule has 1 aromatic rings. The first-order valence-electron chi connectivity index (χ1n) is 6.03. The smallest absolute Gasteiger partial charge is 0.242 e. The largest absolute Gasteiger partial charge is 0.357 e. The molecule has 2 heterocycles. The summed E-state index contributed by atoms with van der Waals surface area (Å²) in [5.41, 5.74) is 1.66. The topological polar surface area (TPSA) is 58.1 Å². The molecule has 0 bridgehead atoms. The van der Waals surface area contributed by atoms with E-state index in [1.165, 1.54) is 0 Å². The van der Waals surface area contributed by atoms with Crippen molar-refractivity contribution in [2.24, 2.45) is 0 Å². The zero-order chi connectivity index (χ0) is 13.3. The van der Waals surface area contributed by atoms with Gasteiger partial charge in [0.25, 0.3) is 0 Å². The van der Waals surface area contributed by atoms with Gasteiger partial charge in [-0.05, 0) is 26.7 Å². The van der Waals surface area contributed by atoms with Crippen molar-refractivity contribution in [2.45, 2.75) is 32.7 Å². The quantitative estimate of drug-likeness (QED) is 0.882. The van der Waals surface area contributed by atoms with Crippen molar-refractivity contribution in [3.05, 3.63) is 16.5 Å². The second kappa shape index (κ2) is 5.10. The molecule has 0 saturated carbocycles. The zero-order valence-electron chi connectivity index (χ0n) is 10.8. The van der Waals surface area contributed by atoms with Crippen LogP contribution in [0.3, 0.4) is 0 Å². The second-order valence-electron chi connectivity index (χ2n) is 4.47. The van der Waals surface area contributed by atoms with E-state index in [4.69, 9.17) is 11.6 Å². The van der Waals surface area contributed by atoms with Crippen LogP contribution in [-0.2, 0) is 4.79 Å². The van der Waals surface area contributed by atoms with Crippen molar-refractivity contribution in [3.8, 4) is 0 Å². The standard InChI is InChI=1S/C12H17ClN4O/c1-7-8(2)16-11(10(13)15-7)17-6-4-5-9(17)12(18)14-3/h9H,4-6H2,1-3H3,(H,14,18). The minimum absolute atomic E-state index is 0.00333. The molecule has 0 radical (unpaired) electrons. The van der Waals surface area contributed by atoms with E-state index in [0.29, 0.717) is 11.0 Å². The normalized spacial score (nSPS) is 19.1. The predicted octanol–water partition coefficient (Wildman–Crippen LogP) is 1.46. The average molecular weight is 269 g/mol. The summed E-state index contributed by atoms with van der Waals surface area (Å²) in [7, 11) is 1.65. The number of halogens is 1. The summed E-state index contributed by atoms with van der Waals surface area (Å²) in [4.78, 5) is 22.5. The molecule has 1 unspecified atom stereocenters. The van der Waals surface area contributed by atoms with Gasteiger partial charge in [-0.15, -0.1) is 0 Å². The number of nitrogens with zero attached hydrogens (tertiary/aromatic N) is 3. The Morgan fingerprint density at radius 1 is 1.39 bits per heavy atom. The number of nitrogens with one attached hydrogen (secondary N) is 1. The molecular weight excluding hydrogens is 252 g/mol. The highest BCUT2D eigenvalue weighted by atomic mass is 35.5. The maximum absolute atomic E-state index is 11.8. The van der Waals surface area contributed by atoms with Gasteiger partial charge in [-0.2, -0.15) is 0 Å². The summed E-state index contributed by atoms with van der Waals surface area (Å²) in [6.07, 6.45) is 1.79. The van der Waals surface area contributed by atoms with E-state index in [1.807, 2.05) is 18.7 Å². The monoisotopic (exact) mass is 268 g/mol. The molecule has 1 amide bonds. The molecule has 1 aromatic heterocycles. The molecular formula is C12H17ClN4O. The van der Waals surface area contributed by atoms with Crippen molar-refractivity contribution >= 4 is 23.3 Å². The number of rotatable bonds is 2. The van der Waals surface area contributed by atoms with Crippen molar-refractivity contribution in [3.63, 3.8) is 0 Å². The minimum Gasteiger partial charge on any atom is -0.357 e. The predicted molar refractivity (Wildman–Crippen MR) is 71.0 cm³/mol. The Hall–Kier alpha value is -1.36. The van der Waals surface area contributed by atoms with Gasteiger partial charge in [0, 0.05) is 13.6 Å². The van der Waals surface area contributed by atoms with Crippen LogP contribution >= 0.6 is 11.6 Å². The SMILES string of the molecule is CNC(=O)C1CCCN1c1nc(C)c(C)nc1Cl. The van der Waals surface area contributed by atoms with Gasteiger partial charge in [0.2, 0.25) is 5.91 Å². The third-order valence-electron chi connectivity index (χ3n) is 3.32. The van der Waals surface area contributed by atoms with Gasteiger partial charge in [0.1, 0.15) is 6.04 Å². The average Bonchev–Trinajstić information content (AvgIpc) is 2.81. The van der Waals surface area contributed by atoms with E-state index in [-0.39, 0.29) is 11.9 Å². The number of amides is 1. The van der Waals surface area contributed by atoms with Crippen LogP contribution in [0.1, 0.15) is 24.2 Å². The molecule has 18 heavy (non-hydrogen) atoms. The minimum atomic E-state index is -0.191. The molecule has 1 fully saturated rings. The number of carbonyl (C=O) groups excluding carboxylic acids is 1. The van der Waals surface area contributed by atoms with Crippen molar-refractivity contribution in [1.29, 1.82) is 0 Å². The third kappa shape index (κ3) is 2.27. The molecule has 1 saturated heterocycles. The molecule has 1 atom stereocenters. The van der Waals surface area contributed by atoms with E-state index in [2.05, 4.69) is 15.3 Å². The Bertz CT molecular complexity index is 477. The van der Waals surface area contributed by atoms with Crippen LogP contribution in [0.5, 0.6) is 0 Å². The van der Waals surface area contributed by atoms with E-state index in [0.717, 1.165) is 30.8 Å². The van der Waals surface area contributed by atoms with Crippen LogP contribution in [0.2, 0.25) is 5.15 Å². The van der Waals surface area contributed by atoms with Crippen molar-refractivity contribution in [1.82, 2.24) is 15.3 Å². The maximum Gasteiger partial charge on any atom is 0.242 e. The van der Waals surface area contributed by atoms with E-state index >= 15 is 0 Å². The Morgan fingerprint density at radius 3 is 2.72 bits per heavy atom. The molecule has 1 N–H and O–H groups in total. The number of aryl methyl sites for hydroxylation is 2. The summed E-state index contributed by atoms with van der Waals surface area (Å²) >= 11 is 6.15. The second-order valence-corrected chi connectivity index (χ2v) is 4.83. The van der Waals surface area contributed by atoms with Gasteiger partial charge in [-0.25, -0.2) is 9.97 Å². The Kier molecular flexibility index (Phi) is 3.71. The summed E-state index contributed by atoms with van der Waals surface area (Å²) in [5.74, 6) is 0.620. The summed E-state index contributed by atoms with van der Waals surface area (Å²) < 4.78 is 0. The van der Waals surface area contributed by atoms with Crippen LogP contribution in [0.15, 0.2) is 0 Å². The first-order chi connectivity index (χ1) is 8.54. The summed E-state index contributed by atoms with van der Waals surface area (Å²) in [5, 5.41) is 3.05. The molecule has 0 aliphatic carbocycles. The fourth-order valence-corrected chi connectivity index (χ4v) is 2.48. The first kappa shape index (κ1) is 13.1. The van der Waals surface area contributed by atoms with Crippen LogP contribution in [0.25, 0.3) is 0 Å². The number of likely N-dealkylation sites (N-methyl/N-ethyl adjacent to an activating group) is 1. The van der Waals surface area contributed by atoms with Crippen molar-refractivity contribution < 1.29 is 4.79 Å². The summed E-state index contributed by atoms with van der Waals surface area (Å²) in [6, 6.07) is -0.191. The van der Waals surface area contributed by atoms with Gasteiger partial charge in [0.05, 0.1) is 11.4 Å². The molecule has 1 aliphatic heterocycles. The number of carbonyl (C=O) groups is 1. The van der Waals surface area contributed by atoms with E-state index in [9.17, 15) is 4.79 Å². The van der Waals surface area contributed by atoms with Crippen LogP contribution in [0.4, 0.5) is 5.82 Å². The molecule has 6 heteroatoms. The van der Waals surface area contributed by atoms with E-state index in [1.54, 1.807) is 7.05 Å². The van der Waals surface area contributed by atoms with Gasteiger partial charge < -0.3 is 10.2 Å². The molecule has 5 nitrogen and oxygen atoms in total. The van der Waals surface area contributed by atoms with Crippen LogP contribution < -0.4 is 10.2 Å². The van der Waals surface area contributed by atoms with Gasteiger partial charge in [0.15, 0.2) is 11.0 Å². The highest BCUT2D eigenvalue weighted by molar-refractivity contribution is 6.31. The van der Waals surface area contributed by atoms with Crippen LogP contribution in [0, 0.1) is 13.8 Å². The lowest BCUT2D eigenvalue weighted by molar-refractivity contribution is -0.121. The fraction of sp³-hybridized carbons (Fsp3) is 0.583. The molecule has 98 valence electrons. The number of hydrogen-bond donors (Lipinski definition) is 1. The Morgan fingerprint density at radius 2 is 2.06 bits per heavy atom. The number of anilines is 1. The van der Waals surface area contributed by atoms with Crippen molar-refractivity contribution in [2.75, 3.05) is 18.5 Å². The fourth-order valence-electron chi connectivity index (χ4n) is 2.21. The van der Waals surface area contributed by atoms with Gasteiger partial charge >= 0.3 is 0 Å². The first-order valence-corrected chi connectivity index (χ1v) is 6.41. The third-order valence-corrected chi connectivity index (χ3v) is 3.58. The number of hydrogen-bond acceptors (Lipinski definition) is 4. The lowest BCUT2D eigenvalue weighted by Crippen LogP contribution is -2.42. The summed E-state index contributed by atoms with van der Waals surface area (Å²) in [6.45, 7) is 4.56. The highest BCUT2D eigenvalue weighted by Crippen LogP contribution is 2.29. The molecule has 0 spiro atoms. The van der Waals surface area contributed by atoms with Crippen LogP contribution in [-0.4, -0.2) is 35.5 Å². The van der Waals surface area contributed by atoms with Gasteiger partial charge in [-0.1, -0.05) is 11.6 Å². The molecule has 2 rings (SSSR count). The molecule has 1 aliphatic rings. The molecule has 0 aromatic carbocycles. The van der Waals surface area contributed by atoms with Gasteiger partial charge in [-0.3, -0.25) is 4.79 Å².